The molecule has 0 saturated heterocycles. The Bertz CT molecular complexity index is 735. The van der Waals surface area contributed by atoms with Crippen molar-refractivity contribution in [1.82, 2.24) is 20.2 Å². The average molecular weight is 387 g/mol. The van der Waals surface area contributed by atoms with Gasteiger partial charge in [-0.05, 0) is 32.3 Å². The summed E-state index contributed by atoms with van der Waals surface area (Å²) < 4.78 is 38.3. The average Bonchev–Trinajstić information content (AvgIpc) is 2.94. The zero-order chi connectivity index (χ0) is 19.3. The molecule has 1 aromatic carbocycles. The molecule has 26 heavy (non-hydrogen) atoms. The zero-order valence-corrected chi connectivity index (χ0v) is 15.1. The quantitative estimate of drug-likeness (QED) is 0.563. The number of hydrogen-bond acceptors (Lipinski definition) is 5. The SMILES string of the molecule is C[C@H](CCc1ccccc1)NC(=O)[C@H](C)Sc1nnc(C(F)(F)F)n1N. The van der Waals surface area contributed by atoms with Crippen LogP contribution in [0.2, 0.25) is 0 Å². The number of halogens is 3. The first-order chi connectivity index (χ1) is 12.2. The van der Waals surface area contributed by atoms with E-state index in [1.165, 1.54) is 5.56 Å². The van der Waals surface area contributed by atoms with E-state index in [4.69, 9.17) is 5.84 Å². The van der Waals surface area contributed by atoms with E-state index in [0.29, 0.717) is 4.68 Å². The summed E-state index contributed by atoms with van der Waals surface area (Å²) in [5, 5.41) is 8.46. The Morgan fingerprint density at radius 2 is 1.92 bits per heavy atom. The highest BCUT2D eigenvalue weighted by Gasteiger charge is 2.38. The van der Waals surface area contributed by atoms with E-state index in [9.17, 15) is 18.0 Å². The molecule has 2 rings (SSSR count). The molecule has 142 valence electrons. The first-order valence-corrected chi connectivity index (χ1v) is 8.85. The minimum atomic E-state index is -4.70. The molecular weight excluding hydrogens is 367 g/mol. The van der Waals surface area contributed by atoms with Gasteiger partial charge in [0, 0.05) is 6.04 Å². The van der Waals surface area contributed by atoms with Crippen LogP contribution in [0.15, 0.2) is 35.5 Å². The van der Waals surface area contributed by atoms with Gasteiger partial charge < -0.3 is 11.2 Å². The van der Waals surface area contributed by atoms with E-state index in [0.717, 1.165) is 24.6 Å². The lowest BCUT2D eigenvalue weighted by Crippen LogP contribution is -2.38. The van der Waals surface area contributed by atoms with Crippen molar-refractivity contribution in [1.29, 1.82) is 0 Å². The van der Waals surface area contributed by atoms with E-state index < -0.39 is 17.3 Å². The summed E-state index contributed by atoms with van der Waals surface area (Å²) >= 11 is 0.824. The van der Waals surface area contributed by atoms with Crippen LogP contribution >= 0.6 is 11.8 Å². The molecule has 0 radical (unpaired) electrons. The number of nitrogens with zero attached hydrogens (tertiary/aromatic N) is 3. The van der Waals surface area contributed by atoms with Crippen LogP contribution in [-0.2, 0) is 17.4 Å². The van der Waals surface area contributed by atoms with Crippen LogP contribution < -0.4 is 11.2 Å². The monoisotopic (exact) mass is 387 g/mol. The molecule has 0 aliphatic heterocycles. The molecule has 2 atom stereocenters. The maximum Gasteiger partial charge on any atom is 0.453 e. The molecule has 0 aliphatic carbocycles. The number of benzene rings is 1. The van der Waals surface area contributed by atoms with Crippen LogP contribution in [0.3, 0.4) is 0 Å². The molecule has 0 bridgehead atoms. The predicted molar refractivity (Wildman–Crippen MR) is 92.9 cm³/mol. The van der Waals surface area contributed by atoms with Crippen LogP contribution in [0.4, 0.5) is 13.2 Å². The highest BCUT2D eigenvalue weighted by Crippen LogP contribution is 2.30. The van der Waals surface area contributed by atoms with Gasteiger partial charge >= 0.3 is 6.18 Å². The predicted octanol–water partition coefficient (Wildman–Crippen LogP) is 2.63. The van der Waals surface area contributed by atoms with Gasteiger partial charge in [0.25, 0.3) is 5.82 Å². The van der Waals surface area contributed by atoms with Gasteiger partial charge in [-0.15, -0.1) is 10.2 Å². The normalized spacial score (nSPS) is 14.0. The van der Waals surface area contributed by atoms with E-state index >= 15 is 0 Å². The van der Waals surface area contributed by atoms with Gasteiger partial charge in [0.05, 0.1) is 5.25 Å². The van der Waals surface area contributed by atoms with Crippen molar-refractivity contribution in [3.8, 4) is 0 Å². The lowest BCUT2D eigenvalue weighted by Gasteiger charge is -2.17. The number of nitrogens with two attached hydrogens (primary N) is 1. The fourth-order valence-electron chi connectivity index (χ4n) is 2.22. The standard InChI is InChI=1S/C16H20F3N5OS/c1-10(8-9-12-6-4-3-5-7-12)21-13(25)11(2)26-15-23-22-14(24(15)20)16(17,18)19/h3-7,10-11H,8-9,20H2,1-2H3,(H,21,25)/t10-,11+/m1/s1. The molecular formula is C16H20F3N5OS. The van der Waals surface area contributed by atoms with Crippen molar-refractivity contribution in [2.45, 2.75) is 49.3 Å². The van der Waals surface area contributed by atoms with Crippen molar-refractivity contribution < 1.29 is 18.0 Å². The zero-order valence-electron chi connectivity index (χ0n) is 14.3. The number of rotatable bonds is 7. The Labute approximate surface area is 153 Å². The second-order valence-electron chi connectivity index (χ2n) is 5.87. The molecule has 3 N–H and O–H groups in total. The number of aryl methyl sites for hydroxylation is 1. The summed E-state index contributed by atoms with van der Waals surface area (Å²) in [6.45, 7) is 3.46. The van der Waals surface area contributed by atoms with Gasteiger partial charge in [-0.1, -0.05) is 42.1 Å². The van der Waals surface area contributed by atoms with Gasteiger partial charge in [-0.3, -0.25) is 4.79 Å². The van der Waals surface area contributed by atoms with Crippen molar-refractivity contribution in [2.75, 3.05) is 5.84 Å². The van der Waals surface area contributed by atoms with Crippen molar-refractivity contribution >= 4 is 17.7 Å². The molecule has 1 aromatic heterocycles. The molecule has 0 fully saturated rings. The van der Waals surface area contributed by atoms with Gasteiger partial charge in [0.1, 0.15) is 0 Å². The van der Waals surface area contributed by atoms with Crippen LogP contribution in [0.5, 0.6) is 0 Å². The number of alkyl halides is 3. The third kappa shape index (κ3) is 5.38. The van der Waals surface area contributed by atoms with Crippen LogP contribution in [-0.4, -0.2) is 32.1 Å². The number of hydrogen-bond donors (Lipinski definition) is 2. The van der Waals surface area contributed by atoms with Gasteiger partial charge in [-0.2, -0.15) is 13.2 Å². The number of aromatic nitrogens is 3. The number of thioether (sulfide) groups is 1. The molecule has 6 nitrogen and oxygen atoms in total. The van der Waals surface area contributed by atoms with Crippen LogP contribution in [0, 0.1) is 0 Å². The third-order valence-electron chi connectivity index (χ3n) is 3.67. The van der Waals surface area contributed by atoms with Gasteiger partial charge in [0.2, 0.25) is 11.1 Å². The van der Waals surface area contributed by atoms with Gasteiger partial charge in [0.15, 0.2) is 0 Å². The largest absolute Gasteiger partial charge is 0.453 e. The fourth-order valence-corrected chi connectivity index (χ4v) is 3.00. The van der Waals surface area contributed by atoms with E-state index in [1.54, 1.807) is 6.92 Å². The second-order valence-corrected chi connectivity index (χ2v) is 7.18. The number of carbonyl (C=O) groups is 1. The molecule has 0 saturated carbocycles. The number of nitrogens with one attached hydrogen (secondary N) is 1. The Morgan fingerprint density at radius 1 is 1.27 bits per heavy atom. The second kappa shape index (κ2) is 8.43. The van der Waals surface area contributed by atoms with Crippen molar-refractivity contribution in [3.05, 3.63) is 41.7 Å². The number of amides is 1. The lowest BCUT2D eigenvalue weighted by atomic mass is 10.1. The van der Waals surface area contributed by atoms with E-state index in [2.05, 4.69) is 15.5 Å². The highest BCUT2D eigenvalue weighted by atomic mass is 32.2. The Morgan fingerprint density at radius 3 is 2.50 bits per heavy atom. The summed E-state index contributed by atoms with van der Waals surface area (Å²) in [5.74, 6) is 3.77. The first-order valence-electron chi connectivity index (χ1n) is 7.97. The van der Waals surface area contributed by atoms with E-state index in [-0.39, 0.29) is 17.1 Å². The minimum Gasteiger partial charge on any atom is -0.353 e. The summed E-state index contributed by atoms with van der Waals surface area (Å²) in [6, 6.07) is 9.80. The summed E-state index contributed by atoms with van der Waals surface area (Å²) in [4.78, 5) is 12.2. The van der Waals surface area contributed by atoms with Gasteiger partial charge in [-0.25, -0.2) is 4.68 Å². The molecule has 2 aromatic rings. The van der Waals surface area contributed by atoms with Crippen molar-refractivity contribution in [3.63, 3.8) is 0 Å². The van der Waals surface area contributed by atoms with Crippen LogP contribution in [0.25, 0.3) is 0 Å². The maximum absolute atomic E-state index is 12.7. The summed E-state index contributed by atoms with van der Waals surface area (Å²) in [7, 11) is 0. The summed E-state index contributed by atoms with van der Waals surface area (Å²) in [5.41, 5.74) is 1.17. The molecule has 10 heteroatoms. The minimum absolute atomic E-state index is 0.0766. The molecule has 0 unspecified atom stereocenters. The van der Waals surface area contributed by atoms with Crippen LogP contribution in [0.1, 0.15) is 31.7 Å². The molecule has 1 heterocycles. The Balaban J connectivity index is 1.86. The molecule has 1 amide bonds. The third-order valence-corrected chi connectivity index (χ3v) is 4.72. The molecule has 0 spiro atoms. The smallest absolute Gasteiger partial charge is 0.353 e. The fraction of sp³-hybridized carbons (Fsp3) is 0.438. The topological polar surface area (TPSA) is 85.8 Å². The Hall–Kier alpha value is -2.23. The number of carbonyl (C=O) groups excluding carboxylic acids is 1. The Kier molecular flexibility index (Phi) is 6.52. The molecule has 0 aliphatic rings. The van der Waals surface area contributed by atoms with E-state index in [1.807, 2.05) is 37.3 Å². The lowest BCUT2D eigenvalue weighted by molar-refractivity contribution is -0.146. The number of nitrogen functional groups attached to an aromatic ring is 1. The first kappa shape index (κ1) is 20.1. The summed E-state index contributed by atoms with van der Waals surface area (Å²) in [6.07, 6.45) is -3.13. The maximum atomic E-state index is 12.7. The highest BCUT2D eigenvalue weighted by molar-refractivity contribution is 8.00. The van der Waals surface area contributed by atoms with Crippen molar-refractivity contribution in [2.24, 2.45) is 0 Å².